The molecule has 0 atom stereocenters. The van der Waals surface area contributed by atoms with Crippen molar-refractivity contribution in [3.05, 3.63) is 58.6 Å². The molecule has 2 rings (SSSR count). The van der Waals surface area contributed by atoms with Crippen LogP contribution in [0.3, 0.4) is 0 Å². The van der Waals surface area contributed by atoms with Gasteiger partial charge in [-0.3, -0.25) is 4.79 Å². The van der Waals surface area contributed by atoms with Gasteiger partial charge in [-0.25, -0.2) is 4.79 Å². The standard InChI is InChI=1S/C15H12ClNO4/c1-21-15(20)10-4-2-3-5-12(10)17-14(19)11-7-6-9(16)8-13(11)18/h2-8,18H,1H3,(H,17,19). The smallest absolute Gasteiger partial charge is 0.339 e. The molecule has 5 nitrogen and oxygen atoms in total. The summed E-state index contributed by atoms with van der Waals surface area (Å²) in [4.78, 5) is 23.8. The largest absolute Gasteiger partial charge is 0.507 e. The van der Waals surface area contributed by atoms with Gasteiger partial charge in [-0.2, -0.15) is 0 Å². The lowest BCUT2D eigenvalue weighted by molar-refractivity contribution is 0.0602. The van der Waals surface area contributed by atoms with E-state index in [0.717, 1.165) is 0 Å². The van der Waals surface area contributed by atoms with Crippen molar-refractivity contribution < 1.29 is 19.4 Å². The molecule has 6 heteroatoms. The predicted molar refractivity (Wildman–Crippen MR) is 78.9 cm³/mol. The van der Waals surface area contributed by atoms with Gasteiger partial charge in [0.15, 0.2) is 0 Å². The summed E-state index contributed by atoms with van der Waals surface area (Å²) in [6.45, 7) is 0. The van der Waals surface area contributed by atoms with Crippen LogP contribution in [-0.2, 0) is 4.74 Å². The Morgan fingerprint density at radius 3 is 2.52 bits per heavy atom. The summed E-state index contributed by atoms with van der Waals surface area (Å²) >= 11 is 5.71. The van der Waals surface area contributed by atoms with Crippen molar-refractivity contribution >= 4 is 29.2 Å². The van der Waals surface area contributed by atoms with Gasteiger partial charge >= 0.3 is 5.97 Å². The number of phenols is 1. The molecule has 0 aliphatic heterocycles. The first-order chi connectivity index (χ1) is 10.0. The van der Waals surface area contributed by atoms with Crippen LogP contribution in [0.4, 0.5) is 5.69 Å². The summed E-state index contributed by atoms with van der Waals surface area (Å²) in [5.74, 6) is -1.36. The summed E-state index contributed by atoms with van der Waals surface area (Å²) in [5.41, 5.74) is 0.574. The highest BCUT2D eigenvalue weighted by Crippen LogP contribution is 2.24. The third-order valence-electron chi connectivity index (χ3n) is 2.78. The number of esters is 1. The zero-order chi connectivity index (χ0) is 15.4. The van der Waals surface area contributed by atoms with Gasteiger partial charge in [0.05, 0.1) is 23.9 Å². The fourth-order valence-electron chi connectivity index (χ4n) is 1.77. The van der Waals surface area contributed by atoms with E-state index < -0.39 is 11.9 Å². The molecule has 0 aliphatic rings. The highest BCUT2D eigenvalue weighted by atomic mass is 35.5. The van der Waals surface area contributed by atoms with Crippen molar-refractivity contribution in [3.63, 3.8) is 0 Å². The molecule has 2 aromatic carbocycles. The van der Waals surface area contributed by atoms with E-state index in [4.69, 9.17) is 11.6 Å². The maximum absolute atomic E-state index is 12.1. The first kappa shape index (κ1) is 14.9. The molecule has 0 aliphatic carbocycles. The van der Waals surface area contributed by atoms with Crippen LogP contribution in [0.25, 0.3) is 0 Å². The molecule has 21 heavy (non-hydrogen) atoms. The Labute approximate surface area is 126 Å². The van der Waals surface area contributed by atoms with Gasteiger partial charge < -0.3 is 15.2 Å². The Balaban J connectivity index is 2.30. The minimum Gasteiger partial charge on any atom is -0.507 e. The normalized spacial score (nSPS) is 10.0. The number of carbonyl (C=O) groups is 2. The van der Waals surface area contributed by atoms with E-state index in [9.17, 15) is 14.7 Å². The van der Waals surface area contributed by atoms with Gasteiger partial charge in [-0.1, -0.05) is 23.7 Å². The molecule has 0 bridgehead atoms. The van der Waals surface area contributed by atoms with E-state index in [1.807, 2.05) is 0 Å². The fraction of sp³-hybridized carbons (Fsp3) is 0.0667. The third kappa shape index (κ3) is 3.32. The van der Waals surface area contributed by atoms with Crippen LogP contribution >= 0.6 is 11.6 Å². The number of ether oxygens (including phenoxy) is 1. The average Bonchev–Trinajstić information content (AvgIpc) is 2.46. The van der Waals surface area contributed by atoms with E-state index in [0.29, 0.717) is 10.7 Å². The molecule has 0 fully saturated rings. The van der Waals surface area contributed by atoms with Crippen LogP contribution < -0.4 is 5.32 Å². The van der Waals surface area contributed by atoms with Gasteiger partial charge in [-0.05, 0) is 30.3 Å². The van der Waals surface area contributed by atoms with Crippen molar-refractivity contribution in [1.29, 1.82) is 0 Å². The molecule has 2 N–H and O–H groups in total. The number of para-hydroxylation sites is 1. The average molecular weight is 306 g/mol. The highest BCUT2D eigenvalue weighted by Gasteiger charge is 2.16. The number of nitrogens with one attached hydrogen (secondary N) is 1. The lowest BCUT2D eigenvalue weighted by Crippen LogP contribution is -2.15. The number of halogens is 1. The molecular formula is C15H12ClNO4. The number of aromatic hydroxyl groups is 1. The van der Waals surface area contributed by atoms with Crippen molar-refractivity contribution in [2.75, 3.05) is 12.4 Å². The molecular weight excluding hydrogens is 294 g/mol. The van der Waals surface area contributed by atoms with Gasteiger partial charge in [0.1, 0.15) is 5.75 Å². The van der Waals surface area contributed by atoms with Gasteiger partial charge in [0.25, 0.3) is 5.91 Å². The Bertz CT molecular complexity index is 700. The van der Waals surface area contributed by atoms with E-state index >= 15 is 0 Å². The quantitative estimate of drug-likeness (QED) is 0.854. The third-order valence-corrected chi connectivity index (χ3v) is 3.02. The van der Waals surface area contributed by atoms with Gasteiger partial charge in [0.2, 0.25) is 0 Å². The Hall–Kier alpha value is -2.53. The van der Waals surface area contributed by atoms with Gasteiger partial charge in [0, 0.05) is 5.02 Å². The predicted octanol–water partition coefficient (Wildman–Crippen LogP) is 3.08. The molecule has 0 unspecified atom stereocenters. The molecule has 0 heterocycles. The summed E-state index contributed by atoms with van der Waals surface area (Å²) in [7, 11) is 1.26. The number of anilines is 1. The van der Waals surface area contributed by atoms with Crippen molar-refractivity contribution in [1.82, 2.24) is 0 Å². The molecule has 0 radical (unpaired) electrons. The lowest BCUT2D eigenvalue weighted by Gasteiger charge is -2.10. The minimum atomic E-state index is -0.564. The van der Waals surface area contributed by atoms with Crippen molar-refractivity contribution in [2.24, 2.45) is 0 Å². The SMILES string of the molecule is COC(=O)c1ccccc1NC(=O)c1ccc(Cl)cc1O. The first-order valence-corrected chi connectivity index (χ1v) is 6.38. The maximum atomic E-state index is 12.1. The number of phenolic OH excluding ortho intramolecular Hbond substituents is 1. The second-order valence-electron chi connectivity index (χ2n) is 4.15. The number of amides is 1. The second-order valence-corrected chi connectivity index (χ2v) is 4.59. The number of rotatable bonds is 3. The molecule has 0 spiro atoms. The molecule has 0 aromatic heterocycles. The Morgan fingerprint density at radius 1 is 1.14 bits per heavy atom. The molecule has 0 saturated carbocycles. The number of carbonyl (C=O) groups excluding carboxylic acids is 2. The number of hydrogen-bond acceptors (Lipinski definition) is 4. The highest BCUT2D eigenvalue weighted by molar-refractivity contribution is 6.31. The van der Waals surface area contributed by atoms with E-state index in [1.165, 1.54) is 31.4 Å². The summed E-state index contributed by atoms with van der Waals surface area (Å²) in [5, 5.41) is 12.6. The first-order valence-electron chi connectivity index (χ1n) is 6.00. The van der Waals surface area contributed by atoms with Crippen molar-refractivity contribution in [3.8, 4) is 5.75 Å². The minimum absolute atomic E-state index is 0.0547. The number of methoxy groups -OCH3 is 1. The van der Waals surface area contributed by atoms with Crippen LogP contribution in [0, 0.1) is 0 Å². The Kier molecular flexibility index (Phi) is 4.45. The Morgan fingerprint density at radius 2 is 1.86 bits per heavy atom. The second kappa shape index (κ2) is 6.28. The zero-order valence-corrected chi connectivity index (χ0v) is 11.8. The van der Waals surface area contributed by atoms with Crippen LogP contribution in [0.5, 0.6) is 5.75 Å². The number of hydrogen-bond donors (Lipinski definition) is 2. The molecule has 108 valence electrons. The maximum Gasteiger partial charge on any atom is 0.339 e. The van der Waals surface area contributed by atoms with Crippen LogP contribution in [-0.4, -0.2) is 24.1 Å². The molecule has 0 saturated heterocycles. The fourth-order valence-corrected chi connectivity index (χ4v) is 1.93. The lowest BCUT2D eigenvalue weighted by atomic mass is 10.1. The van der Waals surface area contributed by atoms with E-state index in [1.54, 1.807) is 18.2 Å². The van der Waals surface area contributed by atoms with Crippen LogP contribution in [0.2, 0.25) is 5.02 Å². The van der Waals surface area contributed by atoms with E-state index in [2.05, 4.69) is 10.1 Å². The summed E-state index contributed by atoms with van der Waals surface area (Å²) < 4.78 is 4.65. The zero-order valence-electron chi connectivity index (χ0n) is 11.1. The monoisotopic (exact) mass is 305 g/mol. The van der Waals surface area contributed by atoms with Crippen LogP contribution in [0.15, 0.2) is 42.5 Å². The van der Waals surface area contributed by atoms with Gasteiger partial charge in [-0.15, -0.1) is 0 Å². The summed E-state index contributed by atoms with van der Waals surface area (Å²) in [6, 6.07) is 10.6. The van der Waals surface area contributed by atoms with E-state index in [-0.39, 0.29) is 16.9 Å². The van der Waals surface area contributed by atoms with Crippen LogP contribution in [0.1, 0.15) is 20.7 Å². The topological polar surface area (TPSA) is 75.6 Å². The number of benzene rings is 2. The molecule has 1 amide bonds. The summed E-state index contributed by atoms with van der Waals surface area (Å²) in [6.07, 6.45) is 0. The molecule has 2 aromatic rings. The van der Waals surface area contributed by atoms with Crippen molar-refractivity contribution in [2.45, 2.75) is 0 Å².